The number of piperidine rings is 1. The number of nitriles is 1. The van der Waals surface area contributed by atoms with E-state index in [1.54, 1.807) is 28.9 Å². The number of likely N-dealkylation sites (tertiary alicyclic amines) is 1. The Labute approximate surface area is 125 Å². The van der Waals surface area contributed by atoms with Crippen molar-refractivity contribution < 1.29 is 4.79 Å². The quantitative estimate of drug-likeness (QED) is 0.831. The van der Waals surface area contributed by atoms with Crippen LogP contribution in [0.3, 0.4) is 0 Å². The minimum Gasteiger partial charge on any atom is -0.337 e. The van der Waals surface area contributed by atoms with Crippen LogP contribution in [0.4, 0.5) is 0 Å². The van der Waals surface area contributed by atoms with Gasteiger partial charge in [-0.15, -0.1) is 11.8 Å². The van der Waals surface area contributed by atoms with Gasteiger partial charge in [0.15, 0.2) is 0 Å². The normalized spacial score (nSPS) is 17.8. The Kier molecular flexibility index (Phi) is 4.48. The van der Waals surface area contributed by atoms with Crippen LogP contribution in [-0.2, 0) is 0 Å². The predicted octanol–water partition coefficient (Wildman–Crippen LogP) is 2.71. The van der Waals surface area contributed by atoms with E-state index in [0.717, 1.165) is 0 Å². The zero-order valence-electron chi connectivity index (χ0n) is 10.6. The van der Waals surface area contributed by atoms with Crippen LogP contribution in [0.1, 0.15) is 23.3 Å². The zero-order valence-corrected chi connectivity index (χ0v) is 13.0. The van der Waals surface area contributed by atoms with Crippen molar-refractivity contribution in [2.24, 2.45) is 0 Å². The molecule has 1 aromatic heterocycles. The van der Waals surface area contributed by atoms with Gasteiger partial charge in [0.25, 0.3) is 5.91 Å². The van der Waals surface area contributed by atoms with Crippen LogP contribution in [0.25, 0.3) is 0 Å². The van der Waals surface area contributed by atoms with E-state index in [0.29, 0.717) is 36.1 Å². The van der Waals surface area contributed by atoms with Crippen molar-refractivity contribution in [3.05, 3.63) is 28.5 Å². The first-order valence-electron chi connectivity index (χ1n) is 5.98. The van der Waals surface area contributed by atoms with Crippen molar-refractivity contribution in [2.75, 3.05) is 19.3 Å². The monoisotopic (exact) mass is 339 g/mol. The molecular weight excluding hydrogens is 326 g/mol. The highest BCUT2D eigenvalue weighted by Gasteiger charge is 2.36. The van der Waals surface area contributed by atoms with Gasteiger partial charge in [0, 0.05) is 23.8 Å². The number of hydrogen-bond donors (Lipinski definition) is 0. The molecular formula is C13H14BrN3OS. The van der Waals surface area contributed by atoms with Gasteiger partial charge >= 0.3 is 0 Å². The molecule has 0 atom stereocenters. The van der Waals surface area contributed by atoms with Crippen molar-refractivity contribution in [2.45, 2.75) is 17.6 Å². The number of carbonyl (C=O) groups is 1. The molecule has 0 bridgehead atoms. The van der Waals surface area contributed by atoms with E-state index in [1.165, 1.54) is 0 Å². The molecule has 1 amide bonds. The van der Waals surface area contributed by atoms with E-state index < -0.39 is 0 Å². The van der Waals surface area contributed by atoms with E-state index >= 15 is 0 Å². The number of hydrogen-bond acceptors (Lipinski definition) is 4. The first-order valence-corrected chi connectivity index (χ1v) is 8.00. The Morgan fingerprint density at radius 1 is 1.58 bits per heavy atom. The molecule has 19 heavy (non-hydrogen) atoms. The fraction of sp³-hybridized carbons (Fsp3) is 0.462. The zero-order chi connectivity index (χ0) is 13.9. The lowest BCUT2D eigenvalue weighted by Gasteiger charge is -2.36. The number of carbonyl (C=O) groups excluding carboxylic acids is 1. The molecule has 4 nitrogen and oxygen atoms in total. The highest BCUT2D eigenvalue weighted by Crippen LogP contribution is 2.34. The molecule has 100 valence electrons. The summed E-state index contributed by atoms with van der Waals surface area (Å²) in [5.74, 6) is -0.0693. The summed E-state index contributed by atoms with van der Waals surface area (Å²) in [6.45, 7) is 1.21. The van der Waals surface area contributed by atoms with Gasteiger partial charge in [0.05, 0.1) is 6.07 Å². The number of pyridine rings is 1. The first-order chi connectivity index (χ1) is 9.12. The molecule has 0 N–H and O–H groups in total. The summed E-state index contributed by atoms with van der Waals surface area (Å²) >= 11 is 4.93. The molecule has 0 aromatic carbocycles. The summed E-state index contributed by atoms with van der Waals surface area (Å²) in [4.78, 5) is 18.3. The number of thioether (sulfide) groups is 1. The predicted molar refractivity (Wildman–Crippen MR) is 78.9 cm³/mol. The molecule has 0 aliphatic carbocycles. The minimum absolute atomic E-state index is 0.0693. The van der Waals surface area contributed by atoms with Gasteiger partial charge in [-0.25, -0.2) is 4.98 Å². The van der Waals surface area contributed by atoms with Crippen LogP contribution < -0.4 is 0 Å². The second-order valence-corrected chi connectivity index (χ2v) is 6.48. The summed E-state index contributed by atoms with van der Waals surface area (Å²) in [6, 6.07) is 5.97. The second-order valence-electron chi connectivity index (χ2n) is 4.44. The molecule has 2 rings (SSSR count). The van der Waals surface area contributed by atoms with Crippen LogP contribution in [0.2, 0.25) is 0 Å². The third-order valence-electron chi connectivity index (χ3n) is 3.41. The molecule has 1 saturated heterocycles. The molecule has 0 spiro atoms. The Balaban J connectivity index is 2.09. The van der Waals surface area contributed by atoms with Crippen LogP contribution >= 0.6 is 27.7 Å². The maximum atomic E-state index is 12.4. The van der Waals surface area contributed by atoms with Crippen molar-refractivity contribution in [3.8, 4) is 6.07 Å². The second kappa shape index (κ2) is 5.93. The average Bonchev–Trinajstić information content (AvgIpc) is 2.47. The Morgan fingerprint density at radius 2 is 2.26 bits per heavy atom. The van der Waals surface area contributed by atoms with Crippen molar-refractivity contribution in [3.63, 3.8) is 0 Å². The summed E-state index contributed by atoms with van der Waals surface area (Å²) in [5, 5.41) is 9.23. The number of aromatic nitrogens is 1. The molecule has 0 radical (unpaired) electrons. The van der Waals surface area contributed by atoms with E-state index in [9.17, 15) is 10.1 Å². The van der Waals surface area contributed by atoms with Gasteiger partial charge < -0.3 is 4.90 Å². The lowest BCUT2D eigenvalue weighted by atomic mass is 9.97. The topological polar surface area (TPSA) is 57.0 Å². The Morgan fingerprint density at radius 3 is 2.79 bits per heavy atom. The first kappa shape index (κ1) is 14.4. The lowest BCUT2D eigenvalue weighted by molar-refractivity contribution is 0.0709. The van der Waals surface area contributed by atoms with Gasteiger partial charge in [-0.1, -0.05) is 0 Å². The van der Waals surface area contributed by atoms with Crippen LogP contribution in [0.15, 0.2) is 22.8 Å². The summed E-state index contributed by atoms with van der Waals surface area (Å²) in [6.07, 6.45) is 4.99. The third kappa shape index (κ3) is 2.93. The van der Waals surface area contributed by atoms with Gasteiger partial charge in [-0.3, -0.25) is 4.79 Å². The number of amides is 1. The number of halogens is 1. The maximum absolute atomic E-state index is 12.4. The Hall–Kier alpha value is -1.06. The fourth-order valence-electron chi connectivity index (χ4n) is 2.13. The lowest BCUT2D eigenvalue weighted by Crippen LogP contribution is -2.44. The average molecular weight is 340 g/mol. The van der Waals surface area contributed by atoms with Crippen molar-refractivity contribution >= 4 is 33.6 Å². The van der Waals surface area contributed by atoms with E-state index in [2.05, 4.69) is 27.0 Å². The maximum Gasteiger partial charge on any atom is 0.273 e. The summed E-state index contributed by atoms with van der Waals surface area (Å²) in [7, 11) is 0. The van der Waals surface area contributed by atoms with E-state index in [1.807, 2.05) is 12.3 Å². The smallest absolute Gasteiger partial charge is 0.273 e. The largest absolute Gasteiger partial charge is 0.337 e. The van der Waals surface area contributed by atoms with E-state index in [4.69, 9.17) is 0 Å². The van der Waals surface area contributed by atoms with Gasteiger partial charge in [-0.2, -0.15) is 5.26 Å². The van der Waals surface area contributed by atoms with Crippen LogP contribution in [0.5, 0.6) is 0 Å². The summed E-state index contributed by atoms with van der Waals surface area (Å²) in [5.41, 5.74) is 0.441. The molecule has 0 saturated carbocycles. The number of rotatable bonds is 2. The van der Waals surface area contributed by atoms with Crippen molar-refractivity contribution in [1.29, 1.82) is 5.26 Å². The van der Waals surface area contributed by atoms with Gasteiger partial charge in [0.1, 0.15) is 10.4 Å². The van der Waals surface area contributed by atoms with Gasteiger partial charge in [-0.05, 0) is 47.2 Å². The molecule has 1 fully saturated rings. The molecule has 6 heteroatoms. The molecule has 1 aliphatic heterocycles. The fourth-order valence-corrected chi connectivity index (χ4v) is 3.23. The molecule has 1 aliphatic rings. The molecule has 0 unspecified atom stereocenters. The summed E-state index contributed by atoms with van der Waals surface area (Å²) < 4.78 is 0.375. The van der Waals surface area contributed by atoms with Gasteiger partial charge in [0.2, 0.25) is 0 Å². The highest BCUT2D eigenvalue weighted by molar-refractivity contribution is 9.10. The SMILES string of the molecule is CSC1(C#N)CCN(C(=O)c2ncccc2Br)CC1. The highest BCUT2D eigenvalue weighted by atomic mass is 79.9. The molecule has 1 aromatic rings. The minimum atomic E-state index is -0.335. The standard InChI is InChI=1S/C13H14BrN3OS/c1-19-13(9-15)4-7-17(8-5-13)12(18)11-10(14)3-2-6-16-11/h2-3,6H,4-5,7-8H2,1H3. The molecule has 2 heterocycles. The van der Waals surface area contributed by atoms with E-state index in [-0.39, 0.29) is 10.7 Å². The Bertz CT molecular complexity index is 521. The van der Waals surface area contributed by atoms with Crippen LogP contribution in [-0.4, -0.2) is 39.9 Å². The van der Waals surface area contributed by atoms with Crippen LogP contribution in [0, 0.1) is 11.3 Å². The van der Waals surface area contributed by atoms with Crippen molar-refractivity contribution in [1.82, 2.24) is 9.88 Å². The number of nitrogens with zero attached hydrogens (tertiary/aromatic N) is 3. The third-order valence-corrected chi connectivity index (χ3v) is 5.33.